The average Bonchev–Trinajstić information content (AvgIpc) is 2.16. The van der Waals surface area contributed by atoms with E-state index in [9.17, 15) is 17.6 Å². The Bertz CT molecular complexity index is 410. The zero-order valence-electron chi connectivity index (χ0n) is 10.4. The minimum absolute atomic E-state index is 0.181. The fraction of sp³-hybridized carbons (Fsp3) is 0.500. The Hall–Kier alpha value is -1.30. The van der Waals surface area contributed by atoms with Gasteiger partial charge in [-0.25, -0.2) is 4.39 Å². The fourth-order valence-corrected chi connectivity index (χ4v) is 1.23. The van der Waals surface area contributed by atoms with E-state index in [-0.39, 0.29) is 5.54 Å². The first-order valence-electron chi connectivity index (χ1n) is 5.36. The Labute approximate surface area is 103 Å². The van der Waals surface area contributed by atoms with Crippen molar-refractivity contribution in [2.75, 3.05) is 0 Å². The maximum atomic E-state index is 13.1. The Kier molecular flexibility index (Phi) is 4.21. The first kappa shape index (κ1) is 14.8. The molecule has 1 rings (SSSR count). The molecule has 0 amide bonds. The molecule has 0 saturated carbocycles. The van der Waals surface area contributed by atoms with Gasteiger partial charge in [0.25, 0.3) is 0 Å². The van der Waals surface area contributed by atoms with Crippen LogP contribution in [0.4, 0.5) is 17.6 Å². The number of halogens is 4. The molecule has 1 N–H and O–H groups in total. The standard InChI is InChI=1S/C12H15F4NO/c1-11(2,3)17-7-8-4-5-9(13)10(6-8)18-12(14,15)16/h4-6,17H,7H2,1-3H3. The van der Waals surface area contributed by atoms with Gasteiger partial charge in [-0.3, -0.25) is 0 Å². The van der Waals surface area contributed by atoms with Crippen molar-refractivity contribution in [3.05, 3.63) is 29.6 Å². The van der Waals surface area contributed by atoms with Crippen LogP contribution in [-0.2, 0) is 6.54 Å². The summed E-state index contributed by atoms with van der Waals surface area (Å²) in [6.45, 7) is 6.09. The van der Waals surface area contributed by atoms with E-state index >= 15 is 0 Å². The van der Waals surface area contributed by atoms with Crippen LogP contribution in [0, 0.1) is 5.82 Å². The molecule has 0 radical (unpaired) electrons. The highest BCUT2D eigenvalue weighted by molar-refractivity contribution is 5.30. The van der Waals surface area contributed by atoms with Crippen LogP contribution in [0.15, 0.2) is 18.2 Å². The summed E-state index contributed by atoms with van der Waals surface area (Å²) >= 11 is 0. The Balaban J connectivity index is 2.81. The molecule has 0 unspecified atom stereocenters. The van der Waals surface area contributed by atoms with Crippen LogP contribution in [0.2, 0.25) is 0 Å². The van der Waals surface area contributed by atoms with E-state index in [2.05, 4.69) is 10.1 Å². The second-order valence-electron chi connectivity index (χ2n) is 4.92. The number of hydrogen-bond acceptors (Lipinski definition) is 2. The van der Waals surface area contributed by atoms with Gasteiger partial charge in [0, 0.05) is 12.1 Å². The van der Waals surface area contributed by atoms with Gasteiger partial charge in [0.05, 0.1) is 0 Å². The highest BCUT2D eigenvalue weighted by Gasteiger charge is 2.32. The third-order valence-electron chi connectivity index (χ3n) is 2.04. The molecular formula is C12H15F4NO. The van der Waals surface area contributed by atoms with Gasteiger partial charge in [0.1, 0.15) is 0 Å². The monoisotopic (exact) mass is 265 g/mol. The molecule has 6 heteroatoms. The summed E-state index contributed by atoms with van der Waals surface area (Å²) in [6.07, 6.45) is -4.89. The molecule has 1 aromatic carbocycles. The van der Waals surface area contributed by atoms with Crippen molar-refractivity contribution < 1.29 is 22.3 Å². The van der Waals surface area contributed by atoms with Gasteiger partial charge in [0.15, 0.2) is 11.6 Å². The minimum Gasteiger partial charge on any atom is -0.403 e. The lowest BCUT2D eigenvalue weighted by molar-refractivity contribution is -0.275. The first-order valence-corrected chi connectivity index (χ1v) is 5.36. The second kappa shape index (κ2) is 5.14. The molecule has 0 atom stereocenters. The topological polar surface area (TPSA) is 21.3 Å². The molecule has 0 heterocycles. The number of ether oxygens (including phenoxy) is 1. The summed E-state index contributed by atoms with van der Waals surface area (Å²) in [5.74, 6) is -1.84. The van der Waals surface area contributed by atoms with Crippen molar-refractivity contribution in [2.24, 2.45) is 0 Å². The maximum absolute atomic E-state index is 13.1. The van der Waals surface area contributed by atoms with E-state index in [1.54, 1.807) is 0 Å². The minimum atomic E-state index is -4.89. The van der Waals surface area contributed by atoms with Crippen LogP contribution in [0.25, 0.3) is 0 Å². The maximum Gasteiger partial charge on any atom is 0.573 e. The van der Waals surface area contributed by atoms with Crippen LogP contribution >= 0.6 is 0 Å². The van der Waals surface area contributed by atoms with Crippen molar-refractivity contribution in [1.82, 2.24) is 5.32 Å². The first-order chi connectivity index (χ1) is 8.07. The van der Waals surface area contributed by atoms with Crippen LogP contribution in [0.3, 0.4) is 0 Å². The van der Waals surface area contributed by atoms with Gasteiger partial charge in [-0.05, 0) is 38.5 Å². The Morgan fingerprint density at radius 2 is 1.78 bits per heavy atom. The number of alkyl halides is 3. The molecular weight excluding hydrogens is 250 g/mol. The molecule has 18 heavy (non-hydrogen) atoms. The lowest BCUT2D eigenvalue weighted by atomic mass is 10.1. The average molecular weight is 265 g/mol. The summed E-state index contributed by atoms with van der Waals surface area (Å²) in [6, 6.07) is 3.42. The number of hydrogen-bond donors (Lipinski definition) is 1. The quantitative estimate of drug-likeness (QED) is 0.843. The van der Waals surface area contributed by atoms with Gasteiger partial charge >= 0.3 is 6.36 Å². The van der Waals surface area contributed by atoms with Crippen molar-refractivity contribution in [3.63, 3.8) is 0 Å². The van der Waals surface area contributed by atoms with Crippen molar-refractivity contribution in [3.8, 4) is 5.75 Å². The van der Waals surface area contributed by atoms with Crippen LogP contribution in [-0.4, -0.2) is 11.9 Å². The highest BCUT2D eigenvalue weighted by Crippen LogP contribution is 2.26. The zero-order chi connectivity index (χ0) is 14.0. The fourth-order valence-electron chi connectivity index (χ4n) is 1.23. The van der Waals surface area contributed by atoms with E-state index < -0.39 is 17.9 Å². The third kappa shape index (κ3) is 5.35. The van der Waals surface area contributed by atoms with Gasteiger partial charge < -0.3 is 10.1 Å². The molecule has 2 nitrogen and oxygen atoms in total. The van der Waals surface area contributed by atoms with E-state index in [0.717, 1.165) is 12.1 Å². The summed E-state index contributed by atoms with van der Waals surface area (Å²) in [4.78, 5) is 0. The highest BCUT2D eigenvalue weighted by atomic mass is 19.4. The van der Waals surface area contributed by atoms with Crippen LogP contribution in [0.1, 0.15) is 26.3 Å². The van der Waals surface area contributed by atoms with E-state index in [1.165, 1.54) is 6.07 Å². The molecule has 1 aromatic rings. The van der Waals surface area contributed by atoms with Crippen LogP contribution < -0.4 is 10.1 Å². The third-order valence-corrected chi connectivity index (χ3v) is 2.04. The molecule has 0 spiro atoms. The van der Waals surface area contributed by atoms with E-state index in [4.69, 9.17) is 0 Å². The van der Waals surface area contributed by atoms with E-state index in [1.807, 2.05) is 20.8 Å². The van der Waals surface area contributed by atoms with Gasteiger partial charge in [-0.2, -0.15) is 0 Å². The normalized spacial score (nSPS) is 12.6. The summed E-state index contributed by atoms with van der Waals surface area (Å²) in [5, 5.41) is 3.09. The largest absolute Gasteiger partial charge is 0.573 e. The smallest absolute Gasteiger partial charge is 0.403 e. The van der Waals surface area contributed by atoms with Gasteiger partial charge in [-0.15, -0.1) is 13.2 Å². The molecule has 0 aliphatic heterocycles. The molecule has 0 aromatic heterocycles. The Morgan fingerprint density at radius 1 is 1.17 bits per heavy atom. The molecule has 102 valence electrons. The molecule has 0 bridgehead atoms. The lowest BCUT2D eigenvalue weighted by Crippen LogP contribution is -2.35. The summed E-state index contributed by atoms with van der Waals surface area (Å²) < 4.78 is 52.8. The zero-order valence-corrected chi connectivity index (χ0v) is 10.4. The molecule has 0 aliphatic carbocycles. The molecule has 0 aliphatic rings. The predicted octanol–water partition coefficient (Wildman–Crippen LogP) is 3.61. The Morgan fingerprint density at radius 3 is 2.28 bits per heavy atom. The van der Waals surface area contributed by atoms with Gasteiger partial charge in [-0.1, -0.05) is 6.07 Å². The van der Waals surface area contributed by atoms with Crippen molar-refractivity contribution in [2.45, 2.75) is 39.2 Å². The lowest BCUT2D eigenvalue weighted by Gasteiger charge is -2.20. The second-order valence-corrected chi connectivity index (χ2v) is 4.92. The van der Waals surface area contributed by atoms with Crippen molar-refractivity contribution in [1.29, 1.82) is 0 Å². The summed E-state index contributed by atoms with van der Waals surface area (Å²) in [5.41, 5.74) is 0.338. The molecule has 0 fully saturated rings. The molecule has 0 saturated heterocycles. The van der Waals surface area contributed by atoms with Gasteiger partial charge in [0.2, 0.25) is 0 Å². The van der Waals surface area contributed by atoms with Crippen molar-refractivity contribution >= 4 is 0 Å². The summed E-state index contributed by atoms with van der Waals surface area (Å²) in [7, 11) is 0. The number of rotatable bonds is 3. The predicted molar refractivity (Wildman–Crippen MR) is 59.7 cm³/mol. The number of nitrogens with one attached hydrogen (secondary N) is 1. The van der Waals surface area contributed by atoms with Crippen LogP contribution in [0.5, 0.6) is 5.75 Å². The SMILES string of the molecule is CC(C)(C)NCc1ccc(F)c(OC(F)(F)F)c1. The van der Waals surface area contributed by atoms with E-state index in [0.29, 0.717) is 12.1 Å². The number of benzene rings is 1.